The van der Waals surface area contributed by atoms with Gasteiger partial charge in [0.1, 0.15) is 5.83 Å². The molecule has 1 nitrogen and oxygen atoms in total. The molecule has 0 radical (unpaired) electrons. The van der Waals surface area contributed by atoms with Gasteiger partial charge in [-0.05, 0) is 12.5 Å². The van der Waals surface area contributed by atoms with Gasteiger partial charge in [-0.2, -0.15) is 0 Å². The Balaban J connectivity index is 2.62. The Labute approximate surface area is 54.5 Å². The summed E-state index contributed by atoms with van der Waals surface area (Å²) in [6.45, 7) is 0.907. The summed E-state index contributed by atoms with van der Waals surface area (Å²) in [5.74, 6) is -0.157. The Hall–Kier alpha value is -0.790. The van der Waals surface area contributed by atoms with Gasteiger partial charge in [-0.1, -0.05) is 6.08 Å². The highest BCUT2D eigenvalue weighted by Gasteiger charge is 1.96. The standard InChI is InChI=1S/C7H10FN/c1-9-5-3-2-4-7(8)6-9/h2,4,6H,3,5H2,1H3. The van der Waals surface area contributed by atoms with E-state index in [4.69, 9.17) is 0 Å². The zero-order chi connectivity index (χ0) is 6.69. The molecule has 1 heterocycles. The van der Waals surface area contributed by atoms with Crippen LogP contribution in [-0.2, 0) is 0 Å². The van der Waals surface area contributed by atoms with Crippen LogP contribution in [0.15, 0.2) is 24.2 Å². The zero-order valence-electron chi connectivity index (χ0n) is 5.47. The Kier molecular flexibility index (Phi) is 1.88. The van der Waals surface area contributed by atoms with Crippen molar-refractivity contribution < 1.29 is 4.39 Å². The van der Waals surface area contributed by atoms with Crippen molar-refractivity contribution in [3.63, 3.8) is 0 Å². The van der Waals surface area contributed by atoms with E-state index >= 15 is 0 Å². The number of halogens is 1. The van der Waals surface area contributed by atoms with E-state index in [1.165, 1.54) is 12.3 Å². The van der Waals surface area contributed by atoms with E-state index in [1.54, 1.807) is 0 Å². The third-order valence-electron chi connectivity index (χ3n) is 1.27. The molecular weight excluding hydrogens is 117 g/mol. The second-order valence-corrected chi connectivity index (χ2v) is 2.19. The van der Waals surface area contributed by atoms with Gasteiger partial charge in [-0.3, -0.25) is 0 Å². The van der Waals surface area contributed by atoms with E-state index in [0.29, 0.717) is 0 Å². The molecule has 0 aromatic heterocycles. The third-order valence-corrected chi connectivity index (χ3v) is 1.27. The number of rotatable bonds is 0. The first-order valence-electron chi connectivity index (χ1n) is 3.03. The van der Waals surface area contributed by atoms with Crippen molar-refractivity contribution >= 4 is 0 Å². The maximum absolute atomic E-state index is 12.4. The van der Waals surface area contributed by atoms with Gasteiger partial charge in [0.05, 0.1) is 0 Å². The maximum Gasteiger partial charge on any atom is 0.138 e. The largest absolute Gasteiger partial charge is 0.378 e. The maximum atomic E-state index is 12.4. The normalized spacial score (nSPS) is 19.3. The average Bonchev–Trinajstić information content (AvgIpc) is 1.93. The minimum Gasteiger partial charge on any atom is -0.378 e. The lowest BCUT2D eigenvalue weighted by atomic mass is 10.4. The van der Waals surface area contributed by atoms with Crippen molar-refractivity contribution in [1.29, 1.82) is 0 Å². The van der Waals surface area contributed by atoms with Crippen molar-refractivity contribution in [1.82, 2.24) is 4.90 Å². The van der Waals surface area contributed by atoms with Gasteiger partial charge in [-0.15, -0.1) is 0 Å². The van der Waals surface area contributed by atoms with Gasteiger partial charge >= 0.3 is 0 Å². The van der Waals surface area contributed by atoms with Gasteiger partial charge in [-0.25, -0.2) is 4.39 Å². The van der Waals surface area contributed by atoms with Crippen molar-refractivity contribution in [3.8, 4) is 0 Å². The smallest absolute Gasteiger partial charge is 0.138 e. The topological polar surface area (TPSA) is 3.24 Å². The lowest BCUT2D eigenvalue weighted by Crippen LogP contribution is -2.10. The highest BCUT2D eigenvalue weighted by atomic mass is 19.1. The fourth-order valence-electron chi connectivity index (χ4n) is 0.792. The number of nitrogens with zero attached hydrogens (tertiary/aromatic N) is 1. The second-order valence-electron chi connectivity index (χ2n) is 2.19. The Morgan fingerprint density at radius 3 is 3.22 bits per heavy atom. The summed E-state index contributed by atoms with van der Waals surface area (Å²) in [5, 5.41) is 0. The fourth-order valence-corrected chi connectivity index (χ4v) is 0.792. The van der Waals surface area contributed by atoms with Gasteiger partial charge in [0.2, 0.25) is 0 Å². The molecule has 0 unspecified atom stereocenters. The van der Waals surface area contributed by atoms with Gasteiger partial charge in [0.15, 0.2) is 0 Å². The van der Waals surface area contributed by atoms with Crippen LogP contribution in [0.2, 0.25) is 0 Å². The first-order chi connectivity index (χ1) is 4.29. The van der Waals surface area contributed by atoms with Crippen LogP contribution in [0.25, 0.3) is 0 Å². The van der Waals surface area contributed by atoms with Crippen LogP contribution >= 0.6 is 0 Å². The predicted octanol–water partition coefficient (Wildman–Crippen LogP) is 1.69. The summed E-state index contributed by atoms with van der Waals surface area (Å²) in [4.78, 5) is 1.84. The Morgan fingerprint density at radius 1 is 1.67 bits per heavy atom. The summed E-state index contributed by atoms with van der Waals surface area (Å²) < 4.78 is 12.4. The SMILES string of the molecule is CN1C=C(F)C=CCC1. The van der Waals surface area contributed by atoms with Crippen LogP contribution in [0.4, 0.5) is 4.39 Å². The molecule has 0 amide bonds. The molecule has 1 aliphatic heterocycles. The molecule has 0 aliphatic carbocycles. The molecule has 0 spiro atoms. The van der Waals surface area contributed by atoms with Crippen molar-refractivity contribution in [2.75, 3.05) is 13.6 Å². The fraction of sp³-hybridized carbons (Fsp3) is 0.429. The van der Waals surface area contributed by atoms with E-state index in [9.17, 15) is 4.39 Å². The third kappa shape index (κ3) is 1.88. The quantitative estimate of drug-likeness (QED) is 0.478. The highest BCUT2D eigenvalue weighted by molar-refractivity contribution is 5.12. The lowest BCUT2D eigenvalue weighted by Gasteiger charge is -2.09. The van der Waals surface area contributed by atoms with Crippen molar-refractivity contribution in [2.24, 2.45) is 0 Å². The average molecular weight is 127 g/mol. The Morgan fingerprint density at radius 2 is 2.44 bits per heavy atom. The van der Waals surface area contributed by atoms with E-state index in [1.807, 2.05) is 18.0 Å². The van der Waals surface area contributed by atoms with E-state index < -0.39 is 0 Å². The van der Waals surface area contributed by atoms with Crippen molar-refractivity contribution in [2.45, 2.75) is 6.42 Å². The van der Waals surface area contributed by atoms with Gasteiger partial charge < -0.3 is 4.90 Å². The van der Waals surface area contributed by atoms with Crippen LogP contribution in [0.1, 0.15) is 6.42 Å². The summed E-state index contributed by atoms with van der Waals surface area (Å²) in [7, 11) is 1.87. The summed E-state index contributed by atoms with van der Waals surface area (Å²) in [6.07, 6.45) is 5.78. The predicted molar refractivity (Wildman–Crippen MR) is 35.6 cm³/mol. The highest BCUT2D eigenvalue weighted by Crippen LogP contribution is 2.05. The molecule has 1 aliphatic rings. The van der Waals surface area contributed by atoms with Crippen molar-refractivity contribution in [3.05, 3.63) is 24.2 Å². The minimum absolute atomic E-state index is 0.157. The molecular formula is C7H10FN. The molecule has 0 fully saturated rings. The first-order valence-corrected chi connectivity index (χ1v) is 3.03. The summed E-state index contributed by atoms with van der Waals surface area (Å²) >= 11 is 0. The molecule has 9 heavy (non-hydrogen) atoms. The number of hydrogen-bond acceptors (Lipinski definition) is 1. The number of hydrogen-bond donors (Lipinski definition) is 0. The molecule has 50 valence electrons. The molecule has 0 saturated carbocycles. The van der Waals surface area contributed by atoms with E-state index in [-0.39, 0.29) is 5.83 Å². The van der Waals surface area contributed by atoms with Crippen LogP contribution in [0.3, 0.4) is 0 Å². The van der Waals surface area contributed by atoms with Gasteiger partial charge in [0, 0.05) is 19.8 Å². The monoisotopic (exact) mass is 127 g/mol. The van der Waals surface area contributed by atoms with Crippen LogP contribution in [0.5, 0.6) is 0 Å². The summed E-state index contributed by atoms with van der Waals surface area (Å²) in [6, 6.07) is 0. The molecule has 2 heteroatoms. The van der Waals surface area contributed by atoms with Crippen LogP contribution in [-0.4, -0.2) is 18.5 Å². The Bertz CT molecular complexity index is 149. The molecule has 0 atom stereocenters. The van der Waals surface area contributed by atoms with Gasteiger partial charge in [0.25, 0.3) is 0 Å². The molecule has 0 N–H and O–H groups in total. The first kappa shape index (κ1) is 6.33. The van der Waals surface area contributed by atoms with E-state index in [2.05, 4.69) is 0 Å². The molecule has 0 saturated heterocycles. The second kappa shape index (κ2) is 2.67. The zero-order valence-corrected chi connectivity index (χ0v) is 5.47. The van der Waals surface area contributed by atoms with Crippen LogP contribution in [0, 0.1) is 0 Å². The summed E-state index contributed by atoms with van der Waals surface area (Å²) in [5.41, 5.74) is 0. The molecule has 0 aromatic rings. The lowest BCUT2D eigenvalue weighted by molar-refractivity contribution is 0.454. The molecule has 0 bridgehead atoms. The molecule has 1 rings (SSSR count). The number of allylic oxidation sites excluding steroid dienone is 2. The molecule has 0 aromatic carbocycles. The minimum atomic E-state index is -0.157. The van der Waals surface area contributed by atoms with Crippen LogP contribution < -0.4 is 0 Å². The van der Waals surface area contributed by atoms with E-state index in [0.717, 1.165) is 13.0 Å².